The minimum absolute atomic E-state index is 0.0878. The predicted octanol–water partition coefficient (Wildman–Crippen LogP) is 4.92. The van der Waals surface area contributed by atoms with Gasteiger partial charge in [-0.3, -0.25) is 0 Å². The van der Waals surface area contributed by atoms with Crippen molar-refractivity contribution < 1.29 is 14.1 Å². The van der Waals surface area contributed by atoms with Gasteiger partial charge in [-0.05, 0) is 61.4 Å². The Bertz CT molecular complexity index is 964. The molecule has 0 bridgehead atoms. The van der Waals surface area contributed by atoms with Crippen molar-refractivity contribution in [2.45, 2.75) is 18.8 Å². The molecule has 0 spiro atoms. The summed E-state index contributed by atoms with van der Waals surface area (Å²) in [5, 5.41) is 7.04. The zero-order valence-corrected chi connectivity index (χ0v) is 17.6. The topological polar surface area (TPSA) is 80.5 Å². The van der Waals surface area contributed by atoms with Crippen LogP contribution in [-0.2, 0) is 0 Å². The van der Waals surface area contributed by atoms with E-state index in [9.17, 15) is 4.79 Å². The monoisotopic (exact) mass is 456 g/mol. The second-order valence-electron chi connectivity index (χ2n) is 6.88. The number of aromatic nitrogens is 2. The number of amides is 2. The van der Waals surface area contributed by atoms with Gasteiger partial charge in [0, 0.05) is 34.7 Å². The van der Waals surface area contributed by atoms with Crippen molar-refractivity contribution in [1.82, 2.24) is 15.0 Å². The minimum atomic E-state index is -0.0878. The smallest absolute Gasteiger partial charge is 0.321 e. The number of hydrogen-bond acceptors (Lipinski definition) is 5. The van der Waals surface area contributed by atoms with Gasteiger partial charge in [-0.1, -0.05) is 21.1 Å². The van der Waals surface area contributed by atoms with E-state index in [4.69, 9.17) is 9.26 Å². The van der Waals surface area contributed by atoms with Crippen molar-refractivity contribution in [2.24, 2.45) is 0 Å². The van der Waals surface area contributed by atoms with E-state index in [1.54, 1.807) is 7.11 Å². The van der Waals surface area contributed by atoms with Crippen LogP contribution in [0.3, 0.4) is 0 Å². The Morgan fingerprint density at radius 3 is 2.48 bits per heavy atom. The third-order valence-corrected chi connectivity index (χ3v) is 5.55. The minimum Gasteiger partial charge on any atom is -0.497 e. The van der Waals surface area contributed by atoms with Crippen LogP contribution in [0.2, 0.25) is 0 Å². The maximum atomic E-state index is 12.5. The number of nitrogens with one attached hydrogen (secondary N) is 1. The molecule has 2 amide bonds. The molecule has 2 aromatic carbocycles. The van der Waals surface area contributed by atoms with E-state index in [-0.39, 0.29) is 11.9 Å². The summed E-state index contributed by atoms with van der Waals surface area (Å²) in [6.07, 6.45) is 1.58. The lowest BCUT2D eigenvalue weighted by atomic mass is 9.97. The first-order valence-electron chi connectivity index (χ1n) is 9.42. The zero-order chi connectivity index (χ0) is 20.2. The van der Waals surface area contributed by atoms with Crippen LogP contribution in [0, 0.1) is 0 Å². The molecule has 1 N–H and O–H groups in total. The van der Waals surface area contributed by atoms with Crippen molar-refractivity contribution in [2.75, 3.05) is 25.5 Å². The van der Waals surface area contributed by atoms with Crippen molar-refractivity contribution in [3.63, 3.8) is 0 Å². The third kappa shape index (κ3) is 4.59. The van der Waals surface area contributed by atoms with E-state index in [2.05, 4.69) is 31.4 Å². The highest BCUT2D eigenvalue weighted by Gasteiger charge is 2.27. The Morgan fingerprint density at radius 1 is 1.14 bits per heavy atom. The summed E-state index contributed by atoms with van der Waals surface area (Å²) in [6.45, 7) is 1.29. The molecule has 1 aromatic heterocycles. The van der Waals surface area contributed by atoms with Gasteiger partial charge in [-0.2, -0.15) is 4.98 Å². The number of piperidine rings is 1. The number of likely N-dealkylation sites (tertiary alicyclic amines) is 1. The van der Waals surface area contributed by atoms with Crippen molar-refractivity contribution in [3.05, 3.63) is 58.9 Å². The molecule has 3 aromatic rings. The van der Waals surface area contributed by atoms with Crippen LogP contribution < -0.4 is 10.1 Å². The lowest BCUT2D eigenvalue weighted by Gasteiger charge is -2.30. The van der Waals surface area contributed by atoms with E-state index in [0.717, 1.165) is 34.3 Å². The summed E-state index contributed by atoms with van der Waals surface area (Å²) in [5.41, 5.74) is 1.66. The van der Waals surface area contributed by atoms with Crippen LogP contribution in [0.1, 0.15) is 24.7 Å². The molecule has 29 heavy (non-hydrogen) atoms. The first-order chi connectivity index (χ1) is 14.1. The molecule has 2 heterocycles. The molecule has 1 aliphatic heterocycles. The van der Waals surface area contributed by atoms with Crippen LogP contribution in [-0.4, -0.2) is 41.3 Å². The van der Waals surface area contributed by atoms with E-state index >= 15 is 0 Å². The van der Waals surface area contributed by atoms with Crippen molar-refractivity contribution in [3.8, 4) is 17.1 Å². The van der Waals surface area contributed by atoms with Gasteiger partial charge in [0.05, 0.1) is 7.11 Å². The van der Waals surface area contributed by atoms with Crippen LogP contribution in [0.15, 0.2) is 57.5 Å². The largest absolute Gasteiger partial charge is 0.497 e. The van der Waals surface area contributed by atoms with Crippen LogP contribution >= 0.6 is 15.9 Å². The van der Waals surface area contributed by atoms with Gasteiger partial charge in [-0.15, -0.1) is 0 Å². The molecule has 0 unspecified atom stereocenters. The first kappa shape index (κ1) is 19.4. The molecule has 0 saturated carbocycles. The number of carbonyl (C=O) groups excluding carboxylic acids is 1. The summed E-state index contributed by atoms with van der Waals surface area (Å²) in [7, 11) is 1.63. The molecule has 8 heteroatoms. The number of nitrogens with zero attached hydrogens (tertiary/aromatic N) is 3. The Kier molecular flexibility index (Phi) is 5.80. The number of urea groups is 1. The Labute approximate surface area is 177 Å². The number of halogens is 1. The van der Waals surface area contributed by atoms with Crippen molar-refractivity contribution in [1.29, 1.82) is 0 Å². The van der Waals surface area contributed by atoms with Crippen LogP contribution in [0.25, 0.3) is 11.4 Å². The van der Waals surface area contributed by atoms with E-state index in [1.807, 2.05) is 53.4 Å². The predicted molar refractivity (Wildman–Crippen MR) is 113 cm³/mol. The molecule has 0 aliphatic carbocycles. The summed E-state index contributed by atoms with van der Waals surface area (Å²) in [6, 6.07) is 15.0. The molecular formula is C21H21BrN4O3. The zero-order valence-electron chi connectivity index (χ0n) is 16.0. The van der Waals surface area contributed by atoms with Crippen LogP contribution in [0.4, 0.5) is 10.5 Å². The van der Waals surface area contributed by atoms with Gasteiger partial charge in [0.15, 0.2) is 0 Å². The number of benzene rings is 2. The fourth-order valence-corrected chi connectivity index (χ4v) is 3.59. The fourth-order valence-electron chi connectivity index (χ4n) is 3.32. The quantitative estimate of drug-likeness (QED) is 0.602. The normalized spacial score (nSPS) is 14.6. The fraction of sp³-hybridized carbons (Fsp3) is 0.286. The SMILES string of the molecule is COc1ccc(-c2noc(C3CCN(C(=O)Nc4ccc(Br)cc4)CC3)n2)cc1. The number of rotatable bonds is 4. The highest BCUT2D eigenvalue weighted by Crippen LogP contribution is 2.29. The van der Waals surface area contributed by atoms with E-state index < -0.39 is 0 Å². The number of methoxy groups -OCH3 is 1. The number of ether oxygens (including phenoxy) is 1. The second-order valence-corrected chi connectivity index (χ2v) is 7.80. The maximum Gasteiger partial charge on any atom is 0.321 e. The van der Waals surface area contributed by atoms with Gasteiger partial charge in [-0.25, -0.2) is 4.79 Å². The molecule has 150 valence electrons. The average molecular weight is 457 g/mol. The molecular weight excluding hydrogens is 436 g/mol. The van der Waals surface area contributed by atoms with Crippen LogP contribution in [0.5, 0.6) is 5.75 Å². The first-order valence-corrected chi connectivity index (χ1v) is 10.2. The highest BCUT2D eigenvalue weighted by molar-refractivity contribution is 9.10. The number of anilines is 1. The summed E-state index contributed by atoms with van der Waals surface area (Å²) in [5.74, 6) is 2.14. The molecule has 1 saturated heterocycles. The number of hydrogen-bond donors (Lipinski definition) is 1. The lowest BCUT2D eigenvalue weighted by molar-refractivity contribution is 0.187. The van der Waals surface area contributed by atoms with Gasteiger partial charge < -0.3 is 19.5 Å². The molecule has 7 nitrogen and oxygen atoms in total. The van der Waals surface area contributed by atoms with Gasteiger partial charge in [0.2, 0.25) is 11.7 Å². The molecule has 4 rings (SSSR count). The Morgan fingerprint density at radius 2 is 1.83 bits per heavy atom. The highest BCUT2D eigenvalue weighted by atomic mass is 79.9. The Balaban J connectivity index is 1.34. The van der Waals surface area contributed by atoms with E-state index in [1.165, 1.54) is 0 Å². The summed E-state index contributed by atoms with van der Waals surface area (Å²) >= 11 is 3.39. The summed E-state index contributed by atoms with van der Waals surface area (Å²) in [4.78, 5) is 18.9. The molecule has 0 radical (unpaired) electrons. The summed E-state index contributed by atoms with van der Waals surface area (Å²) < 4.78 is 11.7. The maximum absolute atomic E-state index is 12.5. The molecule has 1 aliphatic rings. The van der Waals surface area contributed by atoms with Gasteiger partial charge in [0.1, 0.15) is 5.75 Å². The average Bonchev–Trinajstić information content (AvgIpc) is 3.26. The molecule has 0 atom stereocenters. The van der Waals surface area contributed by atoms with Gasteiger partial charge in [0.25, 0.3) is 0 Å². The van der Waals surface area contributed by atoms with Gasteiger partial charge >= 0.3 is 6.03 Å². The molecule has 1 fully saturated rings. The second kappa shape index (κ2) is 8.65. The Hall–Kier alpha value is -2.87. The lowest BCUT2D eigenvalue weighted by Crippen LogP contribution is -2.40. The number of carbonyl (C=O) groups is 1. The third-order valence-electron chi connectivity index (χ3n) is 5.02. The van der Waals surface area contributed by atoms with Crippen molar-refractivity contribution >= 4 is 27.6 Å². The standard InChI is InChI=1S/C21H21BrN4O3/c1-28-18-8-2-14(3-9-18)19-24-20(29-25-19)15-10-12-26(13-11-15)21(27)23-17-6-4-16(22)5-7-17/h2-9,15H,10-13H2,1H3,(H,23,27). The van der Waals surface area contributed by atoms with E-state index in [0.29, 0.717) is 24.8 Å².